The molecule has 1 aromatic carbocycles. The van der Waals surface area contributed by atoms with Crippen molar-refractivity contribution in [1.29, 1.82) is 5.41 Å². The van der Waals surface area contributed by atoms with Gasteiger partial charge in [0.05, 0.1) is 12.1 Å². The van der Waals surface area contributed by atoms with Crippen LogP contribution in [0.4, 0.5) is 0 Å². The zero-order chi connectivity index (χ0) is 29.3. The fourth-order valence-electron chi connectivity index (χ4n) is 3.43. The van der Waals surface area contributed by atoms with Gasteiger partial charge in [0.15, 0.2) is 12.2 Å². The Morgan fingerprint density at radius 3 is 2.15 bits per heavy atom. The second kappa shape index (κ2) is 14.2. The Morgan fingerprint density at radius 1 is 0.974 bits per heavy atom. The zero-order valence-electron chi connectivity index (χ0n) is 20.7. The number of nitrogens with one attached hydrogen (secondary N) is 1. The van der Waals surface area contributed by atoms with Gasteiger partial charge in [-0.3, -0.25) is 19.8 Å². The third kappa shape index (κ3) is 9.44. The SMILES string of the molecule is CC(=O)OC[C@H]1OC(OC(=N)C(Cl)(Cl)Cl)[C@H](OC(=O)c2ccccc2CN=[N+]=[N-])[C@@H](OC(C)=O)[C@@H]1OC(C)=O. The summed E-state index contributed by atoms with van der Waals surface area (Å²) in [7, 11) is 0. The standard InChI is InChI=1S/C22H23Cl3N4O10/c1-10(30)34-9-15-16(35-11(2)31)17(36-12(3)32)18(20(37-15)39-21(26)22(23,24)25)38-19(33)14-7-5-4-6-13(14)8-28-29-27/h4-7,15-18,20,26H,8-9H2,1-3H3/t15-,16-,17+,18-,20?/m1/s1. The van der Waals surface area contributed by atoms with Crippen molar-refractivity contribution in [3.8, 4) is 0 Å². The Bertz CT molecular complexity index is 1160. The molecule has 0 radical (unpaired) electrons. The molecular formula is C22H23Cl3N4O10. The molecule has 1 aliphatic rings. The third-order valence-corrected chi connectivity index (χ3v) is 5.44. The summed E-state index contributed by atoms with van der Waals surface area (Å²) in [6.45, 7) is 2.48. The van der Waals surface area contributed by atoms with Crippen LogP contribution in [-0.4, -0.2) is 70.9 Å². The molecule has 2 rings (SSSR count). The predicted octanol–water partition coefficient (Wildman–Crippen LogP) is 3.54. The highest BCUT2D eigenvalue weighted by Gasteiger charge is 2.54. The van der Waals surface area contributed by atoms with Crippen LogP contribution in [0.1, 0.15) is 36.7 Å². The number of halogens is 3. The number of ether oxygens (including phenoxy) is 6. The van der Waals surface area contributed by atoms with Crippen LogP contribution in [0.25, 0.3) is 10.4 Å². The normalized spacial score (nSPS) is 22.5. The summed E-state index contributed by atoms with van der Waals surface area (Å²) in [6.07, 6.45) is -7.95. The minimum Gasteiger partial charge on any atom is -0.463 e. The number of carbonyl (C=O) groups excluding carboxylic acids is 4. The van der Waals surface area contributed by atoms with E-state index in [1.807, 2.05) is 0 Å². The van der Waals surface area contributed by atoms with Gasteiger partial charge in [0.2, 0.25) is 18.3 Å². The number of carbonyl (C=O) groups is 4. The molecule has 14 nitrogen and oxygen atoms in total. The number of nitrogens with zero attached hydrogens (tertiary/aromatic N) is 3. The highest BCUT2D eigenvalue weighted by molar-refractivity contribution is 6.76. The molecule has 39 heavy (non-hydrogen) atoms. The number of benzene rings is 1. The summed E-state index contributed by atoms with van der Waals surface area (Å²) in [5.41, 5.74) is 8.91. The van der Waals surface area contributed by atoms with Gasteiger partial charge in [-0.15, -0.1) is 0 Å². The fourth-order valence-corrected chi connectivity index (χ4v) is 3.56. The van der Waals surface area contributed by atoms with Crippen molar-refractivity contribution in [2.24, 2.45) is 5.11 Å². The molecular weight excluding hydrogens is 587 g/mol. The van der Waals surface area contributed by atoms with Gasteiger partial charge in [-0.1, -0.05) is 58.1 Å². The lowest BCUT2D eigenvalue weighted by Gasteiger charge is -2.44. The summed E-state index contributed by atoms with van der Waals surface area (Å²) < 4.78 is 29.9. The molecule has 5 atom stereocenters. The Morgan fingerprint density at radius 2 is 1.59 bits per heavy atom. The van der Waals surface area contributed by atoms with E-state index < -0.39 is 70.9 Å². The van der Waals surface area contributed by atoms with Crippen LogP contribution in [0.15, 0.2) is 29.4 Å². The first kappa shape index (κ1) is 31.9. The molecule has 17 heteroatoms. The molecule has 0 aliphatic carbocycles. The van der Waals surface area contributed by atoms with Crippen LogP contribution in [0.2, 0.25) is 0 Å². The summed E-state index contributed by atoms with van der Waals surface area (Å²) in [5, 5.41) is 11.4. The van der Waals surface area contributed by atoms with E-state index in [4.69, 9.17) is 74.2 Å². The molecule has 0 amide bonds. The van der Waals surface area contributed by atoms with Gasteiger partial charge in [-0.25, -0.2) is 4.79 Å². The van der Waals surface area contributed by atoms with E-state index in [2.05, 4.69) is 10.0 Å². The molecule has 1 aromatic rings. The molecule has 1 fully saturated rings. The second-order valence-corrected chi connectivity index (χ2v) is 10.1. The molecule has 0 spiro atoms. The van der Waals surface area contributed by atoms with E-state index in [-0.39, 0.29) is 17.7 Å². The van der Waals surface area contributed by atoms with Crippen LogP contribution >= 0.6 is 34.8 Å². The molecule has 1 aliphatic heterocycles. The number of esters is 4. The van der Waals surface area contributed by atoms with Crippen molar-refractivity contribution >= 4 is 64.6 Å². The maximum atomic E-state index is 13.3. The van der Waals surface area contributed by atoms with Crippen molar-refractivity contribution in [3.63, 3.8) is 0 Å². The summed E-state index contributed by atoms with van der Waals surface area (Å²) in [6, 6.07) is 5.99. The molecule has 0 aromatic heterocycles. The van der Waals surface area contributed by atoms with Gasteiger partial charge in [-0.05, 0) is 17.2 Å². The van der Waals surface area contributed by atoms with Crippen molar-refractivity contribution < 1.29 is 47.6 Å². The first-order valence-corrected chi connectivity index (χ1v) is 12.1. The van der Waals surface area contributed by atoms with Crippen molar-refractivity contribution in [2.45, 2.75) is 61.8 Å². The molecule has 0 bridgehead atoms. The fraction of sp³-hybridized carbons (Fsp3) is 0.500. The maximum absolute atomic E-state index is 13.3. The average molecular weight is 610 g/mol. The number of alkyl halides is 3. The van der Waals surface area contributed by atoms with Gasteiger partial charge >= 0.3 is 23.9 Å². The molecule has 0 saturated carbocycles. The number of azide groups is 1. The van der Waals surface area contributed by atoms with Crippen LogP contribution in [0.3, 0.4) is 0 Å². The summed E-state index contributed by atoms with van der Waals surface area (Å²) >= 11 is 17.2. The minimum atomic E-state index is -2.38. The Labute approximate surface area is 236 Å². The van der Waals surface area contributed by atoms with Gasteiger partial charge in [-0.2, -0.15) is 0 Å². The van der Waals surface area contributed by atoms with E-state index in [0.29, 0.717) is 0 Å². The molecule has 1 heterocycles. The molecule has 1 saturated heterocycles. The van der Waals surface area contributed by atoms with E-state index >= 15 is 0 Å². The van der Waals surface area contributed by atoms with E-state index in [0.717, 1.165) is 20.8 Å². The monoisotopic (exact) mass is 608 g/mol. The lowest BCUT2D eigenvalue weighted by atomic mass is 9.98. The van der Waals surface area contributed by atoms with E-state index in [1.54, 1.807) is 6.07 Å². The topological polar surface area (TPSA) is 196 Å². The Balaban J connectivity index is 2.58. The van der Waals surface area contributed by atoms with Gasteiger partial charge < -0.3 is 28.4 Å². The quantitative estimate of drug-likeness (QED) is 0.0632. The van der Waals surface area contributed by atoms with Crippen LogP contribution in [0, 0.1) is 5.41 Å². The second-order valence-electron chi connectivity index (χ2n) is 7.85. The molecule has 1 unspecified atom stereocenters. The smallest absolute Gasteiger partial charge is 0.339 e. The Kier molecular flexibility index (Phi) is 11.6. The lowest BCUT2D eigenvalue weighted by Crippen LogP contribution is -2.63. The zero-order valence-corrected chi connectivity index (χ0v) is 22.9. The van der Waals surface area contributed by atoms with E-state index in [9.17, 15) is 19.2 Å². The first-order valence-electron chi connectivity index (χ1n) is 11.0. The highest BCUT2D eigenvalue weighted by Crippen LogP contribution is 2.34. The molecule has 212 valence electrons. The summed E-state index contributed by atoms with van der Waals surface area (Å²) in [5.74, 6) is -4.42. The first-order chi connectivity index (χ1) is 18.2. The third-order valence-electron chi connectivity index (χ3n) is 4.92. The maximum Gasteiger partial charge on any atom is 0.339 e. The van der Waals surface area contributed by atoms with Gasteiger partial charge in [0.1, 0.15) is 12.7 Å². The van der Waals surface area contributed by atoms with Crippen molar-refractivity contribution in [3.05, 3.63) is 45.8 Å². The Hall–Kier alpha value is -3.29. The minimum absolute atomic E-state index is 0.0345. The largest absolute Gasteiger partial charge is 0.463 e. The van der Waals surface area contributed by atoms with Gasteiger partial charge in [0, 0.05) is 25.7 Å². The van der Waals surface area contributed by atoms with Crippen molar-refractivity contribution in [2.75, 3.05) is 6.61 Å². The van der Waals surface area contributed by atoms with E-state index in [1.165, 1.54) is 18.2 Å². The van der Waals surface area contributed by atoms with Crippen LogP contribution < -0.4 is 0 Å². The highest BCUT2D eigenvalue weighted by atomic mass is 35.6. The number of rotatable bonds is 9. The number of hydrogen-bond donors (Lipinski definition) is 1. The lowest BCUT2D eigenvalue weighted by molar-refractivity contribution is -0.288. The van der Waals surface area contributed by atoms with Gasteiger partial charge in [0.25, 0.3) is 3.79 Å². The summed E-state index contributed by atoms with van der Waals surface area (Å²) in [4.78, 5) is 51.4. The van der Waals surface area contributed by atoms with Crippen LogP contribution in [-0.2, 0) is 49.3 Å². The molecule has 1 N–H and O–H groups in total. The van der Waals surface area contributed by atoms with Crippen LogP contribution in [0.5, 0.6) is 0 Å². The number of hydrogen-bond acceptors (Lipinski definition) is 12. The average Bonchev–Trinajstić information content (AvgIpc) is 2.83. The predicted molar refractivity (Wildman–Crippen MR) is 134 cm³/mol. The van der Waals surface area contributed by atoms with Crippen molar-refractivity contribution in [1.82, 2.24) is 0 Å².